The minimum Gasteiger partial charge on any atom is -0.494 e. The molecule has 1 aromatic carbocycles. The lowest BCUT2D eigenvalue weighted by molar-refractivity contribution is 0.230. The zero-order valence-corrected chi connectivity index (χ0v) is 14.8. The Morgan fingerprint density at radius 3 is 2.62 bits per heavy atom. The Labute approximate surface area is 145 Å². The third-order valence-corrected chi connectivity index (χ3v) is 4.52. The van der Waals surface area contributed by atoms with Gasteiger partial charge in [-0.25, -0.2) is 0 Å². The maximum absolute atomic E-state index is 5.45. The number of rotatable bonds is 8. The molecular formula is C18H21N3O2S. The van der Waals surface area contributed by atoms with Crippen LogP contribution in [0.2, 0.25) is 0 Å². The van der Waals surface area contributed by atoms with Gasteiger partial charge in [-0.2, -0.15) is 4.98 Å². The largest absolute Gasteiger partial charge is 0.494 e. The Bertz CT molecular complexity index is 738. The average molecular weight is 343 g/mol. The molecular weight excluding hydrogens is 322 g/mol. The van der Waals surface area contributed by atoms with Gasteiger partial charge in [-0.1, -0.05) is 18.1 Å². The summed E-state index contributed by atoms with van der Waals surface area (Å²) in [7, 11) is 0. The summed E-state index contributed by atoms with van der Waals surface area (Å²) in [4.78, 5) is 8.13. The molecule has 126 valence electrons. The van der Waals surface area contributed by atoms with Crippen LogP contribution in [0.3, 0.4) is 0 Å². The van der Waals surface area contributed by atoms with Crippen molar-refractivity contribution in [2.45, 2.75) is 26.9 Å². The lowest BCUT2D eigenvalue weighted by Gasteiger charge is -2.16. The zero-order valence-electron chi connectivity index (χ0n) is 13.9. The Balaban J connectivity index is 1.65. The van der Waals surface area contributed by atoms with E-state index in [1.165, 1.54) is 4.88 Å². The highest BCUT2D eigenvalue weighted by Crippen LogP contribution is 2.21. The summed E-state index contributed by atoms with van der Waals surface area (Å²) in [5.41, 5.74) is 0.926. The quantitative estimate of drug-likeness (QED) is 0.613. The molecule has 0 aliphatic rings. The summed E-state index contributed by atoms with van der Waals surface area (Å²) in [6, 6.07) is 12.0. The van der Waals surface area contributed by atoms with E-state index in [2.05, 4.69) is 39.5 Å². The van der Waals surface area contributed by atoms with Gasteiger partial charge in [-0.05, 0) is 49.2 Å². The third kappa shape index (κ3) is 4.21. The van der Waals surface area contributed by atoms with Crippen LogP contribution in [-0.4, -0.2) is 28.2 Å². The zero-order chi connectivity index (χ0) is 16.8. The second-order valence-electron chi connectivity index (χ2n) is 5.35. The Kier molecular flexibility index (Phi) is 5.61. The molecule has 5 nitrogen and oxygen atoms in total. The molecule has 0 aliphatic carbocycles. The fourth-order valence-corrected chi connectivity index (χ4v) is 3.14. The minimum atomic E-state index is 0.611. The SMILES string of the molecule is CCOc1ccc(-c2noc(CN(CC)Cc3cccs3)n2)cc1. The third-order valence-electron chi connectivity index (χ3n) is 3.66. The van der Waals surface area contributed by atoms with Crippen molar-refractivity contribution in [2.24, 2.45) is 0 Å². The number of thiophene rings is 1. The van der Waals surface area contributed by atoms with Crippen LogP contribution in [0.1, 0.15) is 24.6 Å². The molecule has 0 amide bonds. The molecule has 0 radical (unpaired) electrons. The van der Waals surface area contributed by atoms with Crippen molar-refractivity contribution in [1.82, 2.24) is 15.0 Å². The molecule has 0 fully saturated rings. The minimum absolute atomic E-state index is 0.611. The van der Waals surface area contributed by atoms with Crippen molar-refractivity contribution < 1.29 is 9.26 Å². The van der Waals surface area contributed by atoms with Crippen LogP contribution >= 0.6 is 11.3 Å². The van der Waals surface area contributed by atoms with E-state index in [-0.39, 0.29) is 0 Å². The van der Waals surface area contributed by atoms with Gasteiger partial charge in [0.1, 0.15) is 5.75 Å². The highest BCUT2D eigenvalue weighted by Gasteiger charge is 2.13. The molecule has 0 unspecified atom stereocenters. The summed E-state index contributed by atoms with van der Waals surface area (Å²) < 4.78 is 10.9. The summed E-state index contributed by atoms with van der Waals surface area (Å²) in [5, 5.41) is 6.19. The van der Waals surface area contributed by atoms with Crippen LogP contribution in [0.5, 0.6) is 5.75 Å². The standard InChI is InChI=1S/C18H21N3O2S/c1-3-21(12-16-6-5-11-24-16)13-17-19-18(20-23-17)14-7-9-15(10-8-14)22-4-2/h5-11H,3-4,12-13H2,1-2H3. The monoisotopic (exact) mass is 343 g/mol. The normalized spacial score (nSPS) is 11.1. The molecule has 0 saturated heterocycles. The Hall–Kier alpha value is -2.18. The number of nitrogens with zero attached hydrogens (tertiary/aromatic N) is 3. The molecule has 0 atom stereocenters. The van der Waals surface area contributed by atoms with Gasteiger partial charge >= 0.3 is 0 Å². The first-order chi connectivity index (χ1) is 11.8. The van der Waals surface area contributed by atoms with Gasteiger partial charge in [0.15, 0.2) is 0 Å². The molecule has 0 saturated carbocycles. The topological polar surface area (TPSA) is 51.4 Å². The van der Waals surface area contributed by atoms with Crippen molar-refractivity contribution in [3.05, 3.63) is 52.5 Å². The van der Waals surface area contributed by atoms with Crippen molar-refractivity contribution in [3.8, 4) is 17.1 Å². The van der Waals surface area contributed by atoms with Gasteiger partial charge in [0, 0.05) is 17.0 Å². The molecule has 2 aromatic heterocycles. The molecule has 0 N–H and O–H groups in total. The van der Waals surface area contributed by atoms with Gasteiger partial charge in [0.2, 0.25) is 11.7 Å². The fourth-order valence-electron chi connectivity index (χ4n) is 2.40. The van der Waals surface area contributed by atoms with Gasteiger partial charge in [-0.3, -0.25) is 4.90 Å². The predicted molar refractivity (Wildman–Crippen MR) is 95.0 cm³/mol. The van der Waals surface area contributed by atoms with Gasteiger partial charge in [0.25, 0.3) is 0 Å². The van der Waals surface area contributed by atoms with Crippen LogP contribution < -0.4 is 4.74 Å². The van der Waals surface area contributed by atoms with E-state index in [0.29, 0.717) is 24.9 Å². The van der Waals surface area contributed by atoms with Crippen LogP contribution in [-0.2, 0) is 13.1 Å². The molecule has 24 heavy (non-hydrogen) atoms. The second kappa shape index (κ2) is 8.08. The lowest BCUT2D eigenvalue weighted by atomic mass is 10.2. The molecule has 3 aromatic rings. The van der Waals surface area contributed by atoms with E-state index < -0.39 is 0 Å². The first-order valence-corrected chi connectivity index (χ1v) is 8.97. The van der Waals surface area contributed by atoms with Crippen LogP contribution in [0.15, 0.2) is 46.3 Å². The maximum Gasteiger partial charge on any atom is 0.241 e. The number of ether oxygens (including phenoxy) is 1. The van der Waals surface area contributed by atoms with E-state index in [0.717, 1.165) is 24.4 Å². The number of hydrogen-bond donors (Lipinski definition) is 0. The smallest absolute Gasteiger partial charge is 0.241 e. The van der Waals surface area contributed by atoms with Crippen molar-refractivity contribution in [1.29, 1.82) is 0 Å². The maximum atomic E-state index is 5.45. The van der Waals surface area contributed by atoms with E-state index in [1.807, 2.05) is 31.2 Å². The lowest BCUT2D eigenvalue weighted by Crippen LogP contribution is -2.21. The van der Waals surface area contributed by atoms with Crippen molar-refractivity contribution in [2.75, 3.05) is 13.2 Å². The van der Waals surface area contributed by atoms with Gasteiger partial charge in [-0.15, -0.1) is 11.3 Å². The summed E-state index contributed by atoms with van der Waals surface area (Å²) in [6.07, 6.45) is 0. The van der Waals surface area contributed by atoms with E-state index in [9.17, 15) is 0 Å². The first-order valence-electron chi connectivity index (χ1n) is 8.09. The van der Waals surface area contributed by atoms with Crippen molar-refractivity contribution in [3.63, 3.8) is 0 Å². The highest BCUT2D eigenvalue weighted by molar-refractivity contribution is 7.09. The molecule has 0 spiro atoms. The fraction of sp³-hybridized carbons (Fsp3) is 0.333. The number of aromatic nitrogens is 2. The van der Waals surface area contributed by atoms with Crippen molar-refractivity contribution >= 4 is 11.3 Å². The van der Waals surface area contributed by atoms with Crippen LogP contribution in [0.4, 0.5) is 0 Å². The summed E-state index contributed by atoms with van der Waals surface area (Å²) >= 11 is 1.76. The number of hydrogen-bond acceptors (Lipinski definition) is 6. The van der Waals surface area contributed by atoms with Gasteiger partial charge in [0.05, 0.1) is 13.2 Å². The highest BCUT2D eigenvalue weighted by atomic mass is 32.1. The summed E-state index contributed by atoms with van der Waals surface area (Å²) in [5.74, 6) is 2.09. The molecule has 2 heterocycles. The Morgan fingerprint density at radius 2 is 1.96 bits per heavy atom. The van der Waals surface area contributed by atoms with Gasteiger partial charge < -0.3 is 9.26 Å². The van der Waals surface area contributed by atoms with E-state index in [1.54, 1.807) is 11.3 Å². The average Bonchev–Trinajstić information content (AvgIpc) is 3.27. The molecule has 0 aliphatic heterocycles. The molecule has 0 bridgehead atoms. The van der Waals surface area contributed by atoms with Crippen LogP contribution in [0, 0.1) is 0 Å². The Morgan fingerprint density at radius 1 is 1.12 bits per heavy atom. The van der Waals surface area contributed by atoms with Crippen LogP contribution in [0.25, 0.3) is 11.4 Å². The van der Waals surface area contributed by atoms with E-state index in [4.69, 9.17) is 9.26 Å². The first kappa shape index (κ1) is 16.7. The second-order valence-corrected chi connectivity index (χ2v) is 6.38. The molecule has 3 rings (SSSR count). The van der Waals surface area contributed by atoms with E-state index >= 15 is 0 Å². The predicted octanol–water partition coefficient (Wildman–Crippen LogP) is 4.22. The number of benzene rings is 1. The molecule has 6 heteroatoms. The summed E-state index contributed by atoms with van der Waals surface area (Å²) in [6.45, 7) is 7.24.